The Morgan fingerprint density at radius 2 is 0.782 bits per heavy atom. The molecule has 0 bridgehead atoms. The van der Waals surface area contributed by atoms with Crippen molar-refractivity contribution < 1.29 is 0 Å². The average molecular weight is 721 g/mol. The molecule has 4 aliphatic carbocycles. The van der Waals surface area contributed by atoms with Crippen molar-refractivity contribution in [2.45, 2.75) is 36.8 Å². The Bertz CT molecular complexity index is 2530. The van der Waals surface area contributed by atoms with Crippen molar-refractivity contribution >= 4 is 40.0 Å². The van der Waals surface area contributed by atoms with E-state index >= 15 is 0 Å². The quantitative estimate of drug-likeness (QED) is 0.150. The van der Waals surface area contributed by atoms with Gasteiger partial charge in [0.15, 0.2) is 0 Å². The van der Waals surface area contributed by atoms with Gasteiger partial charge in [-0.2, -0.15) is 0 Å². The number of benzene rings is 6. The van der Waals surface area contributed by atoms with Crippen molar-refractivity contribution in [3.05, 3.63) is 251 Å². The lowest BCUT2D eigenvalue weighted by Crippen LogP contribution is -2.65. The molecule has 0 N–H and O–H groups in total. The molecule has 55 heavy (non-hydrogen) atoms. The van der Waals surface area contributed by atoms with E-state index in [9.17, 15) is 0 Å². The van der Waals surface area contributed by atoms with Crippen molar-refractivity contribution in [3.8, 4) is 0 Å². The second-order valence-corrected chi connectivity index (χ2v) is 19.7. The molecule has 10 rings (SSSR count). The van der Waals surface area contributed by atoms with Crippen LogP contribution in [0.15, 0.2) is 240 Å². The van der Waals surface area contributed by atoms with Gasteiger partial charge in [0, 0.05) is 22.9 Å². The smallest absolute Gasteiger partial charge is 0.0726 e. The van der Waals surface area contributed by atoms with Gasteiger partial charge < -0.3 is 0 Å². The summed E-state index contributed by atoms with van der Waals surface area (Å²) < 4.78 is 0. The van der Waals surface area contributed by atoms with E-state index in [0.717, 1.165) is 0 Å². The van der Waals surface area contributed by atoms with E-state index in [1.807, 2.05) is 0 Å². The van der Waals surface area contributed by atoms with E-state index in [1.54, 1.807) is 0 Å². The van der Waals surface area contributed by atoms with Crippen LogP contribution < -0.4 is 10.4 Å². The number of allylic oxidation sites excluding steroid dienone is 16. The van der Waals surface area contributed by atoms with Crippen molar-refractivity contribution in [2.75, 3.05) is 0 Å². The third-order valence-corrected chi connectivity index (χ3v) is 18.7. The minimum absolute atomic E-state index is 0.155. The molecule has 0 nitrogen and oxygen atoms in total. The fourth-order valence-electron chi connectivity index (χ4n) is 10.7. The van der Waals surface area contributed by atoms with E-state index in [-0.39, 0.29) is 22.9 Å². The fraction of sp³-hybridized carbons (Fsp3) is 0.111. The predicted octanol–water partition coefficient (Wildman–Crippen LogP) is 12.6. The SMILES string of the molecule is CC1=CC2=C(C=CC=CC2c2cccc3ccccc23)C1[Si](c1ccccc1)(c1ccccc1)C1C(C)=CC2=C1C=CC=CC2c1cccc2ccccc12. The maximum atomic E-state index is 2.58. The first-order valence-corrected chi connectivity index (χ1v) is 21.9. The van der Waals surface area contributed by atoms with Crippen LogP contribution in [0.4, 0.5) is 0 Å². The molecule has 0 fully saturated rings. The Labute approximate surface area is 326 Å². The van der Waals surface area contributed by atoms with Crippen LogP contribution in [0, 0.1) is 0 Å². The molecule has 6 aromatic rings. The van der Waals surface area contributed by atoms with Gasteiger partial charge in [-0.15, -0.1) is 0 Å². The fourth-order valence-corrected chi connectivity index (χ4v) is 17.3. The van der Waals surface area contributed by atoms with Crippen molar-refractivity contribution in [1.82, 2.24) is 0 Å². The lowest BCUT2D eigenvalue weighted by molar-refractivity contribution is 0.999. The van der Waals surface area contributed by atoms with Gasteiger partial charge in [0.25, 0.3) is 0 Å². The first-order valence-electron chi connectivity index (χ1n) is 19.7. The highest BCUT2D eigenvalue weighted by Gasteiger charge is 2.56. The maximum absolute atomic E-state index is 2.85. The molecule has 0 amide bonds. The monoisotopic (exact) mass is 720 g/mol. The van der Waals surface area contributed by atoms with Crippen LogP contribution in [0.2, 0.25) is 11.1 Å². The standard InChI is InChI=1S/C54H44Si/c1-37-35-51-47(45-33-17-21-39-19-9-11-27-43(39)45)29-13-15-31-49(51)53(37)55(41-23-5-3-6-24-41,42-25-7-4-8-26-42)54-38(2)36-52-48(30-14-16-32-50(52)54)46-34-18-22-40-20-10-12-28-44(40)46/h3-36,47-48,53-54H,1-2H3. The summed E-state index contributed by atoms with van der Waals surface area (Å²) in [6, 6.07) is 54.7. The van der Waals surface area contributed by atoms with Crippen molar-refractivity contribution in [1.29, 1.82) is 0 Å². The third kappa shape index (κ3) is 5.33. The van der Waals surface area contributed by atoms with E-state index < -0.39 is 8.07 Å². The molecule has 264 valence electrons. The Balaban J connectivity index is 1.24. The minimum atomic E-state index is -2.85. The lowest BCUT2D eigenvalue weighted by Gasteiger charge is -2.46. The molecule has 4 aliphatic rings. The van der Waals surface area contributed by atoms with Gasteiger partial charge >= 0.3 is 0 Å². The lowest BCUT2D eigenvalue weighted by atomic mass is 9.86. The summed E-state index contributed by atoms with van der Waals surface area (Å²) in [6.07, 6.45) is 24.1. The largest absolute Gasteiger partial charge is 0.140 e. The first kappa shape index (κ1) is 33.5. The Morgan fingerprint density at radius 1 is 0.382 bits per heavy atom. The van der Waals surface area contributed by atoms with Gasteiger partial charge in [0.2, 0.25) is 0 Å². The van der Waals surface area contributed by atoms with Gasteiger partial charge in [0.05, 0.1) is 0 Å². The molecule has 0 radical (unpaired) electrons. The summed E-state index contributed by atoms with van der Waals surface area (Å²) >= 11 is 0. The Hall–Kier alpha value is -6.02. The number of rotatable bonds is 6. The molecule has 0 aliphatic heterocycles. The summed E-state index contributed by atoms with van der Waals surface area (Å²) in [5, 5.41) is 8.22. The highest BCUT2D eigenvalue weighted by molar-refractivity contribution is 7.06. The maximum Gasteiger partial charge on any atom is 0.140 e. The van der Waals surface area contributed by atoms with E-state index in [2.05, 4.69) is 220 Å². The van der Waals surface area contributed by atoms with Gasteiger partial charge in [-0.05, 0) is 68.8 Å². The zero-order valence-corrected chi connectivity index (χ0v) is 32.4. The molecular formula is C54H44Si. The van der Waals surface area contributed by atoms with Crippen LogP contribution in [0.1, 0.15) is 36.8 Å². The molecule has 0 heterocycles. The highest BCUT2D eigenvalue weighted by atomic mass is 28.3. The normalized spacial score (nSPS) is 21.8. The molecule has 6 aromatic carbocycles. The zero-order chi connectivity index (χ0) is 36.9. The molecule has 1 heteroatoms. The molecule has 4 atom stereocenters. The van der Waals surface area contributed by atoms with Crippen LogP contribution in [-0.2, 0) is 0 Å². The van der Waals surface area contributed by atoms with Crippen LogP contribution in [-0.4, -0.2) is 8.07 Å². The summed E-state index contributed by atoms with van der Waals surface area (Å²) in [5.41, 5.74) is 12.0. The molecule has 0 saturated carbocycles. The topological polar surface area (TPSA) is 0 Å². The highest BCUT2D eigenvalue weighted by Crippen LogP contribution is 2.58. The number of hydrogen-bond acceptors (Lipinski definition) is 0. The van der Waals surface area contributed by atoms with E-state index in [0.29, 0.717) is 0 Å². The van der Waals surface area contributed by atoms with Crippen LogP contribution in [0.25, 0.3) is 21.5 Å². The predicted molar refractivity (Wildman–Crippen MR) is 237 cm³/mol. The van der Waals surface area contributed by atoms with Gasteiger partial charge in [0.1, 0.15) is 8.07 Å². The van der Waals surface area contributed by atoms with Crippen LogP contribution >= 0.6 is 0 Å². The molecule has 4 unspecified atom stereocenters. The minimum Gasteiger partial charge on any atom is -0.0726 e. The molecule has 0 aromatic heterocycles. The number of hydrogen-bond donors (Lipinski definition) is 0. The summed E-state index contributed by atoms with van der Waals surface area (Å²) in [6.45, 7) is 4.86. The van der Waals surface area contributed by atoms with E-state index in [1.165, 1.54) is 76.5 Å². The van der Waals surface area contributed by atoms with Gasteiger partial charge in [-0.25, -0.2) is 0 Å². The van der Waals surface area contributed by atoms with E-state index in [4.69, 9.17) is 0 Å². The zero-order valence-electron chi connectivity index (χ0n) is 31.4. The van der Waals surface area contributed by atoms with Gasteiger partial charge in [-0.1, -0.05) is 228 Å². The average Bonchev–Trinajstić information content (AvgIpc) is 3.54. The number of fused-ring (bicyclic) bond motifs is 2. The van der Waals surface area contributed by atoms with Crippen LogP contribution in [0.5, 0.6) is 0 Å². The molecule has 0 spiro atoms. The first-order chi connectivity index (χ1) is 27.1. The summed E-state index contributed by atoms with van der Waals surface area (Å²) in [4.78, 5) is 0. The molecular weight excluding hydrogens is 677 g/mol. The summed E-state index contributed by atoms with van der Waals surface area (Å²) in [7, 11) is -2.85. The second-order valence-electron chi connectivity index (χ2n) is 15.6. The van der Waals surface area contributed by atoms with Crippen molar-refractivity contribution in [3.63, 3.8) is 0 Å². The van der Waals surface area contributed by atoms with Crippen molar-refractivity contribution in [2.24, 2.45) is 0 Å². The van der Waals surface area contributed by atoms with Gasteiger partial charge in [-0.3, -0.25) is 0 Å². The molecule has 0 saturated heterocycles. The Morgan fingerprint density at radius 3 is 1.24 bits per heavy atom. The third-order valence-electron chi connectivity index (χ3n) is 12.7. The van der Waals surface area contributed by atoms with Crippen LogP contribution in [0.3, 0.4) is 0 Å². The Kier molecular flexibility index (Phi) is 8.34. The summed E-state index contributed by atoms with van der Waals surface area (Å²) in [5.74, 6) is 0.309. The second kappa shape index (κ2) is 13.7.